The van der Waals surface area contributed by atoms with Gasteiger partial charge in [-0.3, -0.25) is 0 Å². The lowest BCUT2D eigenvalue weighted by Crippen LogP contribution is -2.06. The van der Waals surface area contributed by atoms with Gasteiger partial charge in [0.15, 0.2) is 0 Å². The van der Waals surface area contributed by atoms with Crippen LogP contribution in [0.4, 0.5) is 5.82 Å². The number of nitrogen functional groups attached to an aromatic ring is 1. The maximum absolute atomic E-state index is 10.9. The van der Waals surface area contributed by atoms with Crippen molar-refractivity contribution < 1.29 is 9.90 Å². The van der Waals surface area contributed by atoms with E-state index in [0.717, 1.165) is 5.56 Å². The zero-order chi connectivity index (χ0) is 13.3. The van der Waals surface area contributed by atoms with Crippen molar-refractivity contribution in [2.45, 2.75) is 6.92 Å². The Bertz CT molecular complexity index is 667. The summed E-state index contributed by atoms with van der Waals surface area (Å²) in [5.74, 6) is -0.828. The first-order valence-electron chi connectivity index (χ1n) is 5.12. The number of nitrogens with zero attached hydrogens (tertiary/aromatic N) is 3. The number of nitriles is 1. The SMILES string of the molecule is Cc1ccc(C(=O)O)cc1-n1ncc(C#N)c1N. The monoisotopic (exact) mass is 242 g/mol. The summed E-state index contributed by atoms with van der Waals surface area (Å²) in [4.78, 5) is 10.9. The van der Waals surface area contributed by atoms with E-state index < -0.39 is 5.97 Å². The van der Waals surface area contributed by atoms with Crippen LogP contribution in [-0.4, -0.2) is 20.9 Å². The first kappa shape index (κ1) is 11.7. The van der Waals surface area contributed by atoms with Gasteiger partial charge in [0, 0.05) is 0 Å². The van der Waals surface area contributed by atoms with Gasteiger partial charge in [0.25, 0.3) is 0 Å². The van der Waals surface area contributed by atoms with Gasteiger partial charge in [0.1, 0.15) is 17.5 Å². The highest BCUT2D eigenvalue weighted by atomic mass is 16.4. The molecule has 0 aliphatic rings. The van der Waals surface area contributed by atoms with Gasteiger partial charge in [-0.25, -0.2) is 9.48 Å². The van der Waals surface area contributed by atoms with E-state index in [-0.39, 0.29) is 16.9 Å². The Labute approximate surface area is 103 Å². The van der Waals surface area contributed by atoms with E-state index in [1.807, 2.05) is 13.0 Å². The number of aryl methyl sites for hydroxylation is 1. The first-order chi connectivity index (χ1) is 8.54. The van der Waals surface area contributed by atoms with Gasteiger partial charge in [0.05, 0.1) is 17.4 Å². The summed E-state index contributed by atoms with van der Waals surface area (Å²) in [5, 5.41) is 21.8. The molecule has 1 heterocycles. The van der Waals surface area contributed by atoms with Crippen LogP contribution in [0.25, 0.3) is 5.69 Å². The maximum Gasteiger partial charge on any atom is 0.335 e. The summed E-state index contributed by atoms with van der Waals surface area (Å²) >= 11 is 0. The van der Waals surface area contributed by atoms with Crippen molar-refractivity contribution in [3.05, 3.63) is 41.1 Å². The zero-order valence-corrected chi connectivity index (χ0v) is 9.58. The number of aromatic nitrogens is 2. The number of benzene rings is 1. The molecule has 0 spiro atoms. The molecule has 0 aliphatic heterocycles. The van der Waals surface area contributed by atoms with Crippen molar-refractivity contribution in [1.29, 1.82) is 5.26 Å². The Morgan fingerprint density at radius 2 is 2.28 bits per heavy atom. The molecule has 2 aromatic rings. The predicted octanol–water partition coefficient (Wildman–Crippen LogP) is 1.33. The van der Waals surface area contributed by atoms with Crippen molar-refractivity contribution in [2.75, 3.05) is 5.73 Å². The molecule has 0 amide bonds. The molecule has 0 atom stereocenters. The van der Waals surface area contributed by atoms with E-state index in [9.17, 15) is 4.79 Å². The van der Waals surface area contributed by atoms with Gasteiger partial charge >= 0.3 is 5.97 Å². The second kappa shape index (κ2) is 4.22. The minimum atomic E-state index is -1.03. The lowest BCUT2D eigenvalue weighted by molar-refractivity contribution is 0.0697. The molecule has 0 radical (unpaired) electrons. The Morgan fingerprint density at radius 3 is 2.83 bits per heavy atom. The highest BCUT2D eigenvalue weighted by Crippen LogP contribution is 2.20. The van der Waals surface area contributed by atoms with Crippen LogP contribution < -0.4 is 5.73 Å². The van der Waals surface area contributed by atoms with Gasteiger partial charge in [-0.05, 0) is 24.6 Å². The molecule has 0 fully saturated rings. The minimum Gasteiger partial charge on any atom is -0.478 e. The van der Waals surface area contributed by atoms with Crippen LogP contribution in [0.1, 0.15) is 21.5 Å². The Kier molecular flexibility index (Phi) is 2.73. The van der Waals surface area contributed by atoms with E-state index in [4.69, 9.17) is 16.1 Å². The third kappa shape index (κ3) is 1.78. The standard InChI is InChI=1S/C12H10N4O2/c1-7-2-3-8(12(17)18)4-10(7)16-11(14)9(5-13)6-15-16/h2-4,6H,14H2,1H3,(H,17,18). The summed E-state index contributed by atoms with van der Waals surface area (Å²) in [6.07, 6.45) is 1.35. The normalized spacial score (nSPS) is 10.0. The number of anilines is 1. The number of aromatic carboxylic acids is 1. The van der Waals surface area contributed by atoms with E-state index in [1.54, 1.807) is 6.07 Å². The third-order valence-corrected chi connectivity index (χ3v) is 2.61. The lowest BCUT2D eigenvalue weighted by atomic mass is 10.1. The molecular formula is C12H10N4O2. The Hall–Kier alpha value is -2.81. The van der Waals surface area contributed by atoms with Gasteiger partial charge in [-0.2, -0.15) is 10.4 Å². The molecule has 2 rings (SSSR count). The minimum absolute atomic E-state index is 0.143. The quantitative estimate of drug-likeness (QED) is 0.826. The molecule has 1 aromatic carbocycles. The maximum atomic E-state index is 10.9. The largest absolute Gasteiger partial charge is 0.478 e. The van der Waals surface area contributed by atoms with Gasteiger partial charge in [-0.1, -0.05) is 6.07 Å². The van der Waals surface area contributed by atoms with E-state index >= 15 is 0 Å². The van der Waals surface area contributed by atoms with E-state index in [2.05, 4.69) is 5.10 Å². The molecule has 0 bridgehead atoms. The molecule has 6 nitrogen and oxygen atoms in total. The number of hydrogen-bond acceptors (Lipinski definition) is 4. The molecular weight excluding hydrogens is 232 g/mol. The first-order valence-corrected chi connectivity index (χ1v) is 5.12. The molecule has 3 N–H and O–H groups in total. The summed E-state index contributed by atoms with van der Waals surface area (Å²) in [6, 6.07) is 6.57. The van der Waals surface area contributed by atoms with E-state index in [1.165, 1.54) is 23.0 Å². The number of carboxylic acid groups (broad SMARTS) is 1. The average molecular weight is 242 g/mol. The molecule has 0 aliphatic carbocycles. The van der Waals surface area contributed by atoms with Gasteiger partial charge in [-0.15, -0.1) is 0 Å². The second-order valence-electron chi connectivity index (χ2n) is 3.77. The number of nitrogens with two attached hydrogens (primary N) is 1. The van der Waals surface area contributed by atoms with Crippen LogP contribution in [0.15, 0.2) is 24.4 Å². The van der Waals surface area contributed by atoms with Gasteiger partial charge in [0.2, 0.25) is 0 Å². The summed E-state index contributed by atoms with van der Waals surface area (Å²) in [6.45, 7) is 1.81. The van der Waals surface area contributed by atoms with E-state index in [0.29, 0.717) is 5.69 Å². The molecule has 0 saturated heterocycles. The molecule has 0 saturated carbocycles. The Balaban J connectivity index is 2.63. The fourth-order valence-electron chi connectivity index (χ4n) is 1.61. The summed E-state index contributed by atoms with van der Waals surface area (Å²) in [5.41, 5.74) is 7.54. The number of carboxylic acids is 1. The van der Waals surface area contributed by atoms with Crippen molar-refractivity contribution in [1.82, 2.24) is 9.78 Å². The Morgan fingerprint density at radius 1 is 1.56 bits per heavy atom. The fraction of sp³-hybridized carbons (Fsp3) is 0.0833. The highest BCUT2D eigenvalue weighted by Gasteiger charge is 2.12. The van der Waals surface area contributed by atoms with Gasteiger partial charge < -0.3 is 10.8 Å². The smallest absolute Gasteiger partial charge is 0.335 e. The van der Waals surface area contributed by atoms with Crippen LogP contribution in [0.2, 0.25) is 0 Å². The lowest BCUT2D eigenvalue weighted by Gasteiger charge is -2.08. The van der Waals surface area contributed by atoms with Crippen LogP contribution in [0, 0.1) is 18.3 Å². The van der Waals surface area contributed by atoms with Crippen LogP contribution in [0.3, 0.4) is 0 Å². The van der Waals surface area contributed by atoms with Crippen LogP contribution in [-0.2, 0) is 0 Å². The number of hydrogen-bond donors (Lipinski definition) is 2. The van der Waals surface area contributed by atoms with Crippen molar-refractivity contribution in [2.24, 2.45) is 0 Å². The van der Waals surface area contributed by atoms with Crippen molar-refractivity contribution in [3.8, 4) is 11.8 Å². The molecule has 18 heavy (non-hydrogen) atoms. The van der Waals surface area contributed by atoms with Crippen LogP contribution >= 0.6 is 0 Å². The summed E-state index contributed by atoms with van der Waals surface area (Å²) in [7, 11) is 0. The topological polar surface area (TPSA) is 105 Å². The molecule has 90 valence electrons. The number of rotatable bonds is 2. The third-order valence-electron chi connectivity index (χ3n) is 2.61. The average Bonchev–Trinajstić information content (AvgIpc) is 2.70. The highest BCUT2D eigenvalue weighted by molar-refractivity contribution is 5.88. The zero-order valence-electron chi connectivity index (χ0n) is 9.58. The predicted molar refractivity (Wildman–Crippen MR) is 64.4 cm³/mol. The van der Waals surface area contributed by atoms with Crippen molar-refractivity contribution >= 4 is 11.8 Å². The fourth-order valence-corrected chi connectivity index (χ4v) is 1.61. The molecule has 0 unspecified atom stereocenters. The molecule has 1 aromatic heterocycles. The van der Waals surface area contributed by atoms with Crippen LogP contribution in [0.5, 0.6) is 0 Å². The summed E-state index contributed by atoms with van der Waals surface area (Å²) < 4.78 is 1.36. The second-order valence-corrected chi connectivity index (χ2v) is 3.77. The molecule has 6 heteroatoms. The number of carbonyl (C=O) groups is 1. The van der Waals surface area contributed by atoms with Crippen molar-refractivity contribution in [3.63, 3.8) is 0 Å².